The average Bonchev–Trinajstić information content (AvgIpc) is 3.84. The van der Waals surface area contributed by atoms with Gasteiger partial charge in [-0.1, -0.05) is 224 Å². The molecule has 0 aliphatic heterocycles. The highest BCUT2D eigenvalue weighted by atomic mass is 15.1. The standard InChI is InChI=1S/C63H45N/c1-44-29-31-45(32-30-44)46-33-37-51(38-34-46)64(52-39-35-50(36-40-52)62(47-17-5-2-6-18-47)58-26-14-11-23-54(58)55-24-12-15-27-59(55)62)53-41-42-57-56-25-13-16-28-60(56)63(61(57)43-53,48-19-7-3-8-20-48)49-21-9-4-10-22-49/h2-43H,1H3. The Morgan fingerprint density at radius 2 is 0.594 bits per heavy atom. The van der Waals surface area contributed by atoms with E-state index in [1.165, 1.54) is 83.5 Å². The second-order valence-corrected chi connectivity index (χ2v) is 17.3. The average molecular weight is 816 g/mol. The SMILES string of the molecule is Cc1ccc(-c2ccc(N(c3ccc(C4(c5ccccc5)c5ccccc5-c5ccccc54)cc3)c3ccc4c(c3)C(c3ccccc3)(c3ccccc3)c3ccccc3-4)cc2)cc1. The number of aryl methyl sites for hydroxylation is 1. The van der Waals surface area contributed by atoms with Gasteiger partial charge in [-0.3, -0.25) is 0 Å². The Morgan fingerprint density at radius 3 is 1.05 bits per heavy atom. The molecule has 1 heteroatoms. The molecule has 64 heavy (non-hydrogen) atoms. The summed E-state index contributed by atoms with van der Waals surface area (Å²) in [7, 11) is 0. The first kappa shape index (κ1) is 37.7. The summed E-state index contributed by atoms with van der Waals surface area (Å²) in [5.41, 5.74) is 21.3. The summed E-state index contributed by atoms with van der Waals surface area (Å²) in [5.74, 6) is 0. The Hall–Kier alpha value is -8.00. The molecule has 0 N–H and O–H groups in total. The number of nitrogens with zero attached hydrogens (tertiary/aromatic N) is 1. The van der Waals surface area contributed by atoms with Crippen LogP contribution in [-0.4, -0.2) is 0 Å². The van der Waals surface area contributed by atoms with E-state index < -0.39 is 10.8 Å². The minimum absolute atomic E-state index is 0.474. The Morgan fingerprint density at radius 1 is 0.266 bits per heavy atom. The number of hydrogen-bond acceptors (Lipinski definition) is 1. The molecule has 12 rings (SSSR count). The minimum atomic E-state index is -0.513. The molecule has 1 nitrogen and oxygen atoms in total. The Kier molecular flexibility index (Phi) is 8.91. The van der Waals surface area contributed by atoms with Crippen LogP contribution in [0.1, 0.15) is 50.1 Å². The van der Waals surface area contributed by atoms with Crippen LogP contribution in [0.5, 0.6) is 0 Å². The van der Waals surface area contributed by atoms with Crippen molar-refractivity contribution >= 4 is 17.1 Å². The van der Waals surface area contributed by atoms with E-state index in [4.69, 9.17) is 0 Å². The lowest BCUT2D eigenvalue weighted by molar-refractivity contribution is 0.768. The van der Waals surface area contributed by atoms with Gasteiger partial charge in [-0.25, -0.2) is 0 Å². The number of rotatable bonds is 8. The summed E-state index contributed by atoms with van der Waals surface area (Å²) in [6.07, 6.45) is 0. The molecule has 10 aromatic carbocycles. The number of anilines is 3. The zero-order valence-corrected chi connectivity index (χ0v) is 35.7. The van der Waals surface area contributed by atoms with Gasteiger partial charge in [-0.2, -0.15) is 0 Å². The van der Waals surface area contributed by atoms with Crippen molar-refractivity contribution in [3.63, 3.8) is 0 Å². The van der Waals surface area contributed by atoms with Crippen molar-refractivity contribution in [3.8, 4) is 33.4 Å². The Bertz CT molecular complexity index is 3210. The summed E-state index contributed by atoms with van der Waals surface area (Å²) in [6, 6.07) is 94.6. The van der Waals surface area contributed by atoms with Gasteiger partial charge >= 0.3 is 0 Å². The predicted octanol–water partition coefficient (Wildman–Crippen LogP) is 15.9. The lowest BCUT2D eigenvalue weighted by Gasteiger charge is -2.35. The first-order chi connectivity index (χ1) is 31.7. The molecular weight excluding hydrogens is 771 g/mol. The maximum atomic E-state index is 2.46. The summed E-state index contributed by atoms with van der Waals surface area (Å²) in [6.45, 7) is 2.14. The molecule has 0 saturated carbocycles. The smallest absolute Gasteiger partial charge is 0.0714 e. The zero-order chi connectivity index (χ0) is 42.7. The molecule has 302 valence electrons. The third-order valence-corrected chi connectivity index (χ3v) is 13.9. The lowest BCUT2D eigenvalue weighted by Crippen LogP contribution is -2.29. The first-order valence-corrected chi connectivity index (χ1v) is 22.3. The molecule has 0 bridgehead atoms. The van der Waals surface area contributed by atoms with Crippen molar-refractivity contribution in [2.45, 2.75) is 17.8 Å². The summed E-state index contributed by atoms with van der Waals surface area (Å²) < 4.78 is 0. The van der Waals surface area contributed by atoms with E-state index in [0.717, 1.165) is 17.1 Å². The number of hydrogen-bond donors (Lipinski definition) is 0. The molecule has 10 aromatic rings. The van der Waals surface area contributed by atoms with Gasteiger partial charge in [0.1, 0.15) is 0 Å². The summed E-state index contributed by atoms with van der Waals surface area (Å²) in [4.78, 5) is 2.44. The molecule has 0 spiro atoms. The lowest BCUT2D eigenvalue weighted by atomic mass is 9.67. The van der Waals surface area contributed by atoms with Gasteiger partial charge in [0.05, 0.1) is 10.8 Å². The summed E-state index contributed by atoms with van der Waals surface area (Å²) >= 11 is 0. The van der Waals surface area contributed by atoms with Crippen LogP contribution in [-0.2, 0) is 10.8 Å². The van der Waals surface area contributed by atoms with Crippen LogP contribution in [0.3, 0.4) is 0 Å². The van der Waals surface area contributed by atoms with Crippen molar-refractivity contribution in [1.29, 1.82) is 0 Å². The normalized spacial score (nSPS) is 13.6. The fourth-order valence-electron chi connectivity index (χ4n) is 11.1. The van der Waals surface area contributed by atoms with E-state index >= 15 is 0 Å². The van der Waals surface area contributed by atoms with Crippen LogP contribution in [0.4, 0.5) is 17.1 Å². The van der Waals surface area contributed by atoms with Crippen LogP contribution >= 0.6 is 0 Å². The molecule has 0 radical (unpaired) electrons. The van der Waals surface area contributed by atoms with E-state index in [9.17, 15) is 0 Å². The minimum Gasteiger partial charge on any atom is -0.310 e. The molecular formula is C63H45N. The molecule has 0 heterocycles. The third-order valence-electron chi connectivity index (χ3n) is 13.9. The maximum Gasteiger partial charge on any atom is 0.0714 e. The Labute approximate surface area is 376 Å². The largest absolute Gasteiger partial charge is 0.310 e. The second kappa shape index (κ2) is 15.1. The van der Waals surface area contributed by atoms with Crippen molar-refractivity contribution in [1.82, 2.24) is 0 Å². The third kappa shape index (κ3) is 5.64. The van der Waals surface area contributed by atoms with E-state index in [2.05, 4.69) is 267 Å². The quantitative estimate of drug-likeness (QED) is 0.148. The van der Waals surface area contributed by atoms with Crippen LogP contribution in [0.15, 0.2) is 255 Å². The van der Waals surface area contributed by atoms with E-state index in [1.54, 1.807) is 0 Å². The van der Waals surface area contributed by atoms with Gasteiger partial charge < -0.3 is 4.90 Å². The molecule has 2 aliphatic carbocycles. The van der Waals surface area contributed by atoms with Crippen molar-refractivity contribution in [2.75, 3.05) is 4.90 Å². The monoisotopic (exact) mass is 815 g/mol. The van der Waals surface area contributed by atoms with Gasteiger partial charge in [0, 0.05) is 17.1 Å². The van der Waals surface area contributed by atoms with E-state index in [-0.39, 0.29) is 0 Å². The van der Waals surface area contributed by atoms with Gasteiger partial charge in [-0.05, 0) is 121 Å². The fourth-order valence-corrected chi connectivity index (χ4v) is 11.1. The first-order valence-electron chi connectivity index (χ1n) is 22.3. The fraction of sp³-hybridized carbons (Fsp3) is 0.0476. The molecule has 0 amide bonds. The molecule has 0 saturated heterocycles. The van der Waals surface area contributed by atoms with Crippen molar-refractivity contribution < 1.29 is 0 Å². The van der Waals surface area contributed by atoms with E-state index in [0.29, 0.717) is 0 Å². The molecule has 0 fully saturated rings. The molecule has 0 atom stereocenters. The molecule has 0 unspecified atom stereocenters. The number of benzene rings is 10. The van der Waals surface area contributed by atoms with Crippen LogP contribution in [0.25, 0.3) is 33.4 Å². The number of fused-ring (bicyclic) bond motifs is 6. The van der Waals surface area contributed by atoms with Crippen molar-refractivity contribution in [2.24, 2.45) is 0 Å². The Balaban J connectivity index is 1.07. The van der Waals surface area contributed by atoms with Gasteiger partial charge in [0.25, 0.3) is 0 Å². The van der Waals surface area contributed by atoms with Crippen LogP contribution in [0, 0.1) is 6.92 Å². The highest BCUT2D eigenvalue weighted by molar-refractivity contribution is 5.90. The molecule has 0 aromatic heterocycles. The highest BCUT2D eigenvalue weighted by Gasteiger charge is 2.47. The molecule has 2 aliphatic rings. The second-order valence-electron chi connectivity index (χ2n) is 17.3. The highest BCUT2D eigenvalue weighted by Crippen LogP contribution is 2.58. The van der Waals surface area contributed by atoms with Gasteiger partial charge in [0.15, 0.2) is 0 Å². The zero-order valence-electron chi connectivity index (χ0n) is 35.7. The topological polar surface area (TPSA) is 3.24 Å². The summed E-state index contributed by atoms with van der Waals surface area (Å²) in [5, 5.41) is 0. The van der Waals surface area contributed by atoms with E-state index in [1.807, 2.05) is 0 Å². The van der Waals surface area contributed by atoms with Gasteiger partial charge in [0.2, 0.25) is 0 Å². The predicted molar refractivity (Wildman–Crippen MR) is 266 cm³/mol. The van der Waals surface area contributed by atoms with Crippen molar-refractivity contribution in [3.05, 3.63) is 305 Å². The van der Waals surface area contributed by atoms with Crippen LogP contribution in [0.2, 0.25) is 0 Å². The van der Waals surface area contributed by atoms with Crippen LogP contribution < -0.4 is 4.90 Å². The maximum absolute atomic E-state index is 2.46. The van der Waals surface area contributed by atoms with Gasteiger partial charge in [-0.15, -0.1) is 0 Å².